The van der Waals surface area contributed by atoms with Crippen LogP contribution in [-0.2, 0) is 10.0 Å². The maximum atomic E-state index is 12.8. The lowest BCUT2D eigenvalue weighted by Gasteiger charge is -2.18. The number of nitrogens with one attached hydrogen (secondary N) is 2. The highest BCUT2D eigenvalue weighted by atomic mass is 32.2. The van der Waals surface area contributed by atoms with E-state index in [4.69, 9.17) is 0 Å². The van der Waals surface area contributed by atoms with Crippen molar-refractivity contribution in [2.75, 3.05) is 30.9 Å². The molecule has 0 aliphatic carbocycles. The van der Waals surface area contributed by atoms with Crippen molar-refractivity contribution in [1.29, 1.82) is 0 Å². The Morgan fingerprint density at radius 3 is 2.25 bits per heavy atom. The van der Waals surface area contributed by atoms with E-state index < -0.39 is 10.0 Å². The van der Waals surface area contributed by atoms with Gasteiger partial charge < -0.3 is 10.2 Å². The summed E-state index contributed by atoms with van der Waals surface area (Å²) in [5, 5.41) is 2.86. The molecular weight excluding hydrogens is 374 g/mol. The summed E-state index contributed by atoms with van der Waals surface area (Å²) >= 11 is 0. The minimum atomic E-state index is -3.79. The standard InChI is InChI=1S/C21H29N3O3S/c1-5-24(6-2)14-13-22-21(25)18-10-9-17(4)20(15-18)28(26,27)23-19-11-7-16(3)8-12-19/h7-12,15,23H,5-6,13-14H2,1-4H3,(H,22,25). The van der Waals surface area contributed by atoms with E-state index in [9.17, 15) is 13.2 Å². The third-order valence-electron chi connectivity index (χ3n) is 4.65. The SMILES string of the molecule is CCN(CC)CCNC(=O)c1ccc(C)c(S(=O)(=O)Nc2ccc(C)cc2)c1. The monoisotopic (exact) mass is 403 g/mol. The van der Waals surface area contributed by atoms with Crippen LogP contribution in [-0.4, -0.2) is 45.4 Å². The molecule has 2 aromatic rings. The highest BCUT2D eigenvalue weighted by molar-refractivity contribution is 7.92. The van der Waals surface area contributed by atoms with Crippen LogP contribution < -0.4 is 10.0 Å². The van der Waals surface area contributed by atoms with Gasteiger partial charge in [0.2, 0.25) is 0 Å². The minimum Gasteiger partial charge on any atom is -0.351 e. The maximum absolute atomic E-state index is 12.8. The second-order valence-corrected chi connectivity index (χ2v) is 8.39. The molecule has 0 aliphatic rings. The zero-order valence-corrected chi connectivity index (χ0v) is 17.8. The molecule has 0 atom stereocenters. The lowest BCUT2D eigenvalue weighted by atomic mass is 10.1. The first-order valence-corrected chi connectivity index (χ1v) is 11.0. The molecule has 0 bridgehead atoms. The number of likely N-dealkylation sites (N-methyl/N-ethyl adjacent to an activating group) is 1. The Hall–Kier alpha value is -2.38. The number of carbonyl (C=O) groups excluding carboxylic acids is 1. The molecule has 2 aromatic carbocycles. The number of sulfonamides is 1. The number of hydrogen-bond acceptors (Lipinski definition) is 4. The quantitative estimate of drug-likeness (QED) is 0.674. The van der Waals surface area contributed by atoms with Crippen molar-refractivity contribution in [2.24, 2.45) is 0 Å². The fraction of sp³-hybridized carbons (Fsp3) is 0.381. The predicted molar refractivity (Wildman–Crippen MR) is 113 cm³/mol. The van der Waals surface area contributed by atoms with Gasteiger partial charge in [-0.25, -0.2) is 8.42 Å². The van der Waals surface area contributed by atoms with Crippen LogP contribution in [0, 0.1) is 13.8 Å². The summed E-state index contributed by atoms with van der Waals surface area (Å²) in [6.07, 6.45) is 0. The van der Waals surface area contributed by atoms with E-state index >= 15 is 0 Å². The molecule has 28 heavy (non-hydrogen) atoms. The maximum Gasteiger partial charge on any atom is 0.262 e. The summed E-state index contributed by atoms with van der Waals surface area (Å²) < 4.78 is 28.2. The highest BCUT2D eigenvalue weighted by Gasteiger charge is 2.19. The molecule has 0 heterocycles. The van der Waals surface area contributed by atoms with Gasteiger partial charge in [0.1, 0.15) is 0 Å². The van der Waals surface area contributed by atoms with Crippen LogP contribution in [0.15, 0.2) is 47.4 Å². The molecule has 0 aliphatic heterocycles. The van der Waals surface area contributed by atoms with Crippen molar-refractivity contribution in [1.82, 2.24) is 10.2 Å². The Bertz CT molecular complexity index is 905. The minimum absolute atomic E-state index is 0.101. The van der Waals surface area contributed by atoms with Gasteiger partial charge in [0.15, 0.2) is 0 Å². The van der Waals surface area contributed by atoms with Gasteiger partial charge >= 0.3 is 0 Å². The lowest BCUT2D eigenvalue weighted by Crippen LogP contribution is -2.34. The van der Waals surface area contributed by atoms with Gasteiger partial charge in [-0.1, -0.05) is 37.6 Å². The van der Waals surface area contributed by atoms with Crippen molar-refractivity contribution in [3.8, 4) is 0 Å². The molecule has 0 radical (unpaired) electrons. The fourth-order valence-corrected chi connectivity index (χ4v) is 4.16. The molecule has 6 nitrogen and oxygen atoms in total. The number of nitrogens with zero attached hydrogens (tertiary/aromatic N) is 1. The topological polar surface area (TPSA) is 78.5 Å². The van der Waals surface area contributed by atoms with Crippen molar-refractivity contribution in [3.05, 3.63) is 59.2 Å². The van der Waals surface area contributed by atoms with Crippen LogP contribution in [0.5, 0.6) is 0 Å². The summed E-state index contributed by atoms with van der Waals surface area (Å²) in [5.41, 5.74) is 2.44. The van der Waals surface area contributed by atoms with E-state index in [1.54, 1.807) is 31.2 Å². The first kappa shape index (κ1) is 21.9. The summed E-state index contributed by atoms with van der Waals surface area (Å²) in [4.78, 5) is 14.8. The summed E-state index contributed by atoms with van der Waals surface area (Å²) in [7, 11) is -3.79. The largest absolute Gasteiger partial charge is 0.351 e. The molecule has 0 saturated heterocycles. The van der Waals surface area contributed by atoms with Crippen LogP contribution in [0.3, 0.4) is 0 Å². The number of carbonyl (C=O) groups is 1. The Balaban J connectivity index is 2.15. The fourth-order valence-electron chi connectivity index (χ4n) is 2.83. The Morgan fingerprint density at radius 2 is 1.64 bits per heavy atom. The molecule has 0 saturated carbocycles. The number of hydrogen-bond donors (Lipinski definition) is 2. The lowest BCUT2D eigenvalue weighted by molar-refractivity contribution is 0.0948. The third-order valence-corrected chi connectivity index (χ3v) is 6.17. The van der Waals surface area contributed by atoms with E-state index in [-0.39, 0.29) is 10.8 Å². The van der Waals surface area contributed by atoms with E-state index in [1.165, 1.54) is 6.07 Å². The van der Waals surface area contributed by atoms with Gasteiger partial charge in [-0.3, -0.25) is 9.52 Å². The number of rotatable bonds is 9. The summed E-state index contributed by atoms with van der Waals surface area (Å²) in [6.45, 7) is 10.9. The van der Waals surface area contributed by atoms with Gasteiger partial charge in [0.25, 0.3) is 15.9 Å². The normalized spacial score (nSPS) is 11.5. The van der Waals surface area contributed by atoms with E-state index in [1.807, 2.05) is 19.1 Å². The van der Waals surface area contributed by atoms with Crippen molar-refractivity contribution < 1.29 is 13.2 Å². The van der Waals surface area contributed by atoms with Crippen LogP contribution in [0.4, 0.5) is 5.69 Å². The molecule has 2 rings (SSSR count). The molecule has 7 heteroatoms. The summed E-state index contributed by atoms with van der Waals surface area (Å²) in [6, 6.07) is 11.8. The van der Waals surface area contributed by atoms with Crippen LogP contribution in [0.1, 0.15) is 35.3 Å². The highest BCUT2D eigenvalue weighted by Crippen LogP contribution is 2.21. The van der Waals surface area contributed by atoms with Gasteiger partial charge in [-0.2, -0.15) is 0 Å². The average molecular weight is 404 g/mol. The van der Waals surface area contributed by atoms with E-state index in [0.29, 0.717) is 23.4 Å². The van der Waals surface area contributed by atoms with Gasteiger partial charge in [-0.15, -0.1) is 0 Å². The molecule has 2 N–H and O–H groups in total. The molecule has 0 fully saturated rings. The van der Waals surface area contributed by atoms with Gasteiger partial charge in [0.05, 0.1) is 4.90 Å². The Morgan fingerprint density at radius 1 is 1.00 bits per heavy atom. The Kier molecular flexibility index (Phi) is 7.60. The zero-order valence-electron chi connectivity index (χ0n) is 17.0. The van der Waals surface area contributed by atoms with Crippen LogP contribution in [0.2, 0.25) is 0 Å². The number of benzene rings is 2. The first-order valence-electron chi connectivity index (χ1n) is 9.47. The van der Waals surface area contributed by atoms with Gasteiger partial charge in [0, 0.05) is 24.3 Å². The van der Waals surface area contributed by atoms with Crippen LogP contribution >= 0.6 is 0 Å². The van der Waals surface area contributed by atoms with Crippen molar-refractivity contribution in [2.45, 2.75) is 32.6 Å². The van der Waals surface area contributed by atoms with Crippen LogP contribution in [0.25, 0.3) is 0 Å². The van der Waals surface area contributed by atoms with Crippen molar-refractivity contribution in [3.63, 3.8) is 0 Å². The van der Waals surface area contributed by atoms with Crippen molar-refractivity contribution >= 4 is 21.6 Å². The zero-order chi connectivity index (χ0) is 20.7. The number of amides is 1. The Labute approximate surface area is 168 Å². The van der Waals surface area contributed by atoms with Gasteiger partial charge in [-0.05, 0) is 56.8 Å². The number of aryl methyl sites for hydroxylation is 2. The molecule has 0 aromatic heterocycles. The second-order valence-electron chi connectivity index (χ2n) is 6.73. The smallest absolute Gasteiger partial charge is 0.262 e. The number of anilines is 1. The molecule has 0 spiro atoms. The average Bonchev–Trinajstić information content (AvgIpc) is 2.67. The summed E-state index contributed by atoms with van der Waals surface area (Å²) in [5.74, 6) is -0.279. The molecule has 1 amide bonds. The third kappa shape index (κ3) is 5.81. The molecule has 0 unspecified atom stereocenters. The van der Waals surface area contributed by atoms with E-state index in [2.05, 4.69) is 28.8 Å². The molecule has 152 valence electrons. The predicted octanol–water partition coefficient (Wildman–Crippen LogP) is 3.18. The molecular formula is C21H29N3O3S. The van der Waals surface area contributed by atoms with E-state index in [0.717, 1.165) is 25.2 Å². The second kappa shape index (κ2) is 9.71. The first-order chi connectivity index (χ1) is 13.3.